The summed E-state index contributed by atoms with van der Waals surface area (Å²) in [5.41, 5.74) is 5.38. The molecule has 7 nitrogen and oxygen atoms in total. The van der Waals surface area contributed by atoms with Crippen molar-refractivity contribution < 1.29 is 22.9 Å². The summed E-state index contributed by atoms with van der Waals surface area (Å²) in [4.78, 5) is 30.6. The Morgan fingerprint density at radius 2 is 1.87 bits per heavy atom. The largest absolute Gasteiger partial charge is 0.366 e. The topological polar surface area (TPSA) is 111 Å². The predicted molar refractivity (Wildman–Crippen MR) is 107 cm³/mol. The van der Waals surface area contributed by atoms with E-state index in [0.29, 0.717) is 22.8 Å². The number of primary amides is 1. The Hall–Kier alpha value is -3.66. The molecule has 30 heavy (non-hydrogen) atoms. The predicted octanol–water partition coefficient (Wildman–Crippen LogP) is 4.20. The van der Waals surface area contributed by atoms with Crippen molar-refractivity contribution in [2.24, 2.45) is 5.73 Å². The van der Waals surface area contributed by atoms with E-state index in [1.807, 2.05) is 19.1 Å². The van der Waals surface area contributed by atoms with Gasteiger partial charge in [0.25, 0.3) is 17.5 Å². The van der Waals surface area contributed by atoms with Gasteiger partial charge in [-0.25, -0.2) is 13.8 Å². The van der Waals surface area contributed by atoms with Crippen LogP contribution in [0.4, 0.5) is 14.5 Å². The molecular weight excluding hydrogens is 414 g/mol. The van der Waals surface area contributed by atoms with Gasteiger partial charge in [-0.15, -0.1) is 11.3 Å². The first-order valence-electron chi connectivity index (χ1n) is 8.68. The molecule has 0 aliphatic carbocycles. The molecule has 0 saturated heterocycles. The minimum atomic E-state index is -1.12. The lowest BCUT2D eigenvalue weighted by Crippen LogP contribution is -2.17. The first kappa shape index (κ1) is 19.6. The lowest BCUT2D eigenvalue weighted by molar-refractivity contribution is 0.0992. The highest BCUT2D eigenvalue weighted by atomic mass is 32.1. The van der Waals surface area contributed by atoms with E-state index in [4.69, 9.17) is 10.3 Å². The van der Waals surface area contributed by atoms with E-state index in [1.54, 1.807) is 13.0 Å². The number of nitrogens with two attached hydrogens (primary N) is 1. The number of aryl methyl sites for hydroxylation is 2. The zero-order chi connectivity index (χ0) is 21.6. The number of hydrogen-bond donors (Lipinski definition) is 2. The van der Waals surface area contributed by atoms with Crippen molar-refractivity contribution in [1.82, 2.24) is 10.1 Å². The van der Waals surface area contributed by atoms with Gasteiger partial charge < -0.3 is 15.6 Å². The average molecular weight is 428 g/mol. The van der Waals surface area contributed by atoms with Crippen molar-refractivity contribution >= 4 is 39.9 Å². The number of rotatable bonds is 4. The van der Waals surface area contributed by atoms with Gasteiger partial charge in [0.05, 0.1) is 38.5 Å². The molecule has 0 unspecified atom stereocenters. The number of aromatic nitrogens is 2. The third-order valence-electron chi connectivity index (χ3n) is 4.42. The van der Waals surface area contributed by atoms with Crippen LogP contribution in [0.5, 0.6) is 0 Å². The highest BCUT2D eigenvalue weighted by Crippen LogP contribution is 2.31. The summed E-state index contributed by atoms with van der Waals surface area (Å²) in [6, 6.07) is 6.66. The molecule has 0 fully saturated rings. The van der Waals surface area contributed by atoms with Crippen LogP contribution in [0.25, 0.3) is 21.7 Å². The number of hydrogen-bond acceptors (Lipinski definition) is 6. The van der Waals surface area contributed by atoms with Crippen LogP contribution in [-0.4, -0.2) is 22.0 Å². The molecule has 2 amide bonds. The third kappa shape index (κ3) is 3.41. The van der Waals surface area contributed by atoms with Gasteiger partial charge in [0, 0.05) is 10.9 Å². The van der Waals surface area contributed by atoms with Gasteiger partial charge in [0.1, 0.15) is 11.6 Å². The van der Waals surface area contributed by atoms with Crippen LogP contribution in [-0.2, 0) is 0 Å². The van der Waals surface area contributed by atoms with E-state index in [2.05, 4.69) is 15.5 Å². The van der Waals surface area contributed by atoms with Crippen molar-refractivity contribution in [3.8, 4) is 10.6 Å². The van der Waals surface area contributed by atoms with Gasteiger partial charge in [-0.2, -0.15) is 0 Å². The molecule has 4 aromatic rings. The molecule has 0 aliphatic rings. The number of amides is 2. The maximum absolute atomic E-state index is 14.2. The number of pyridine rings is 1. The summed E-state index contributed by atoms with van der Waals surface area (Å²) in [7, 11) is 0. The smallest absolute Gasteiger partial charge is 0.259 e. The van der Waals surface area contributed by atoms with Gasteiger partial charge >= 0.3 is 0 Å². The van der Waals surface area contributed by atoms with Gasteiger partial charge in [-0.3, -0.25) is 9.59 Å². The zero-order valence-corrected chi connectivity index (χ0v) is 16.6. The number of benzene rings is 1. The lowest BCUT2D eigenvalue weighted by Gasteiger charge is -2.10. The molecule has 152 valence electrons. The standard InChI is InChI=1S/C20H14F2N4O3S/c1-8-3-4-16(30-8)15-6-11(17-9(2)26-29-20(17)25-15)19(28)24-14-5-10(18(23)27)12(21)7-13(14)22/h3-7H,1-2H3,(H2,23,27)(H,24,28). The van der Waals surface area contributed by atoms with Crippen LogP contribution in [0.2, 0.25) is 0 Å². The normalized spacial score (nSPS) is 11.1. The van der Waals surface area contributed by atoms with Crippen molar-refractivity contribution in [3.05, 3.63) is 63.7 Å². The number of halogens is 2. The van der Waals surface area contributed by atoms with Crippen LogP contribution < -0.4 is 11.1 Å². The monoisotopic (exact) mass is 428 g/mol. The Bertz CT molecular complexity index is 1330. The molecular formula is C20H14F2N4O3S. The summed E-state index contributed by atoms with van der Waals surface area (Å²) in [6.45, 7) is 3.58. The second kappa shape index (κ2) is 7.30. The van der Waals surface area contributed by atoms with E-state index >= 15 is 0 Å². The zero-order valence-electron chi connectivity index (χ0n) is 15.7. The molecule has 3 N–H and O–H groups in total. The molecule has 0 atom stereocenters. The number of anilines is 1. The molecule has 1 aromatic carbocycles. The van der Waals surface area contributed by atoms with Crippen molar-refractivity contribution in [3.63, 3.8) is 0 Å². The molecule has 4 rings (SSSR count). The number of carbonyl (C=O) groups excluding carboxylic acids is 2. The fraction of sp³-hybridized carbons (Fsp3) is 0.100. The molecule has 0 radical (unpaired) electrons. The Labute approximate surface area is 172 Å². The Morgan fingerprint density at radius 3 is 2.53 bits per heavy atom. The Kier molecular flexibility index (Phi) is 4.78. The molecule has 0 saturated carbocycles. The van der Waals surface area contributed by atoms with Gasteiger partial charge in [0.2, 0.25) is 0 Å². The van der Waals surface area contributed by atoms with Crippen LogP contribution in [0, 0.1) is 25.5 Å². The average Bonchev–Trinajstić information content (AvgIpc) is 3.29. The van der Waals surface area contributed by atoms with E-state index in [1.165, 1.54) is 11.3 Å². The van der Waals surface area contributed by atoms with Crippen molar-refractivity contribution in [1.29, 1.82) is 0 Å². The van der Waals surface area contributed by atoms with E-state index in [-0.39, 0.29) is 17.0 Å². The minimum absolute atomic E-state index is 0.143. The van der Waals surface area contributed by atoms with Crippen molar-refractivity contribution in [2.45, 2.75) is 13.8 Å². The van der Waals surface area contributed by atoms with Crippen molar-refractivity contribution in [2.75, 3.05) is 5.32 Å². The van der Waals surface area contributed by atoms with Gasteiger partial charge in [-0.05, 0) is 38.1 Å². The number of fused-ring (bicyclic) bond motifs is 1. The summed E-state index contributed by atoms with van der Waals surface area (Å²) in [5, 5.41) is 6.58. The van der Waals surface area contributed by atoms with Crippen LogP contribution in [0.3, 0.4) is 0 Å². The van der Waals surface area contributed by atoms with Crippen LogP contribution in [0.1, 0.15) is 31.3 Å². The number of nitrogens with one attached hydrogen (secondary N) is 1. The molecule has 0 spiro atoms. The summed E-state index contributed by atoms with van der Waals surface area (Å²) < 4.78 is 33.2. The molecule has 3 heterocycles. The number of thiophene rings is 1. The quantitative estimate of drug-likeness (QED) is 0.506. The number of carbonyl (C=O) groups is 2. The lowest BCUT2D eigenvalue weighted by atomic mass is 10.1. The second-order valence-corrected chi connectivity index (χ2v) is 7.83. The van der Waals surface area contributed by atoms with Gasteiger partial charge in [0.15, 0.2) is 0 Å². The Morgan fingerprint density at radius 1 is 1.10 bits per heavy atom. The molecule has 0 aliphatic heterocycles. The maximum Gasteiger partial charge on any atom is 0.259 e. The van der Waals surface area contributed by atoms with E-state index < -0.39 is 29.0 Å². The van der Waals surface area contributed by atoms with Crippen LogP contribution in [0.15, 0.2) is 34.9 Å². The SMILES string of the molecule is Cc1ccc(-c2cc(C(=O)Nc3cc(C(N)=O)c(F)cc3F)c3c(C)noc3n2)s1. The molecule has 3 aromatic heterocycles. The molecule has 10 heteroatoms. The Balaban J connectivity index is 1.81. The van der Waals surface area contributed by atoms with Gasteiger partial charge in [-0.1, -0.05) is 5.16 Å². The van der Waals surface area contributed by atoms with E-state index in [0.717, 1.165) is 15.8 Å². The first-order chi connectivity index (χ1) is 14.2. The van der Waals surface area contributed by atoms with E-state index in [9.17, 15) is 18.4 Å². The third-order valence-corrected chi connectivity index (χ3v) is 5.45. The summed E-state index contributed by atoms with van der Waals surface area (Å²) >= 11 is 1.48. The molecule has 0 bridgehead atoms. The fourth-order valence-corrected chi connectivity index (χ4v) is 3.82. The van der Waals surface area contributed by atoms with Crippen LogP contribution >= 0.6 is 11.3 Å². The number of nitrogens with zero attached hydrogens (tertiary/aromatic N) is 2. The minimum Gasteiger partial charge on any atom is -0.366 e. The first-order valence-corrected chi connectivity index (χ1v) is 9.50. The second-order valence-electron chi connectivity index (χ2n) is 6.54. The highest BCUT2D eigenvalue weighted by molar-refractivity contribution is 7.15. The summed E-state index contributed by atoms with van der Waals surface area (Å²) in [5.74, 6) is -3.95. The summed E-state index contributed by atoms with van der Waals surface area (Å²) in [6.07, 6.45) is 0. The maximum atomic E-state index is 14.2. The fourth-order valence-electron chi connectivity index (χ4n) is 3.00. The highest BCUT2D eigenvalue weighted by Gasteiger charge is 2.22.